The normalized spacial score (nSPS) is 9.70. The quantitative estimate of drug-likeness (QED) is 0.482. The van der Waals surface area contributed by atoms with Crippen LogP contribution in [0.1, 0.15) is 5.56 Å². The van der Waals surface area contributed by atoms with Gasteiger partial charge in [0.15, 0.2) is 0 Å². The molecule has 1 aromatic carbocycles. The van der Waals surface area contributed by atoms with Crippen molar-refractivity contribution in [2.75, 3.05) is 5.73 Å². The molecule has 0 radical (unpaired) electrons. The molecule has 3 heteroatoms. The van der Waals surface area contributed by atoms with Gasteiger partial charge in [0.2, 0.25) is 0 Å². The third kappa shape index (κ3) is 1.16. The zero-order valence-corrected chi connectivity index (χ0v) is 6.10. The summed E-state index contributed by atoms with van der Waals surface area (Å²) in [5.74, 6) is 0.411. The lowest BCUT2D eigenvalue weighted by molar-refractivity contribution is 0.471. The molecule has 0 saturated carbocycles. The Hall–Kier alpha value is -0.890. The molecular formula is C7H8ClNO. The smallest absolute Gasteiger partial charge is 0.122 e. The maximum Gasteiger partial charge on any atom is 0.122 e. The van der Waals surface area contributed by atoms with E-state index in [2.05, 4.69) is 0 Å². The summed E-state index contributed by atoms with van der Waals surface area (Å²) in [6, 6.07) is 4.95. The number of nitrogen functional groups attached to an aromatic ring is 1. The Labute approximate surface area is 64.2 Å². The lowest BCUT2D eigenvalue weighted by Gasteiger charge is -2.02. The molecule has 0 fully saturated rings. The van der Waals surface area contributed by atoms with Crippen molar-refractivity contribution in [3.63, 3.8) is 0 Å². The lowest BCUT2D eigenvalue weighted by atomic mass is 10.2. The first-order valence-corrected chi connectivity index (χ1v) is 3.41. The van der Waals surface area contributed by atoms with Crippen LogP contribution < -0.4 is 5.73 Å². The summed E-state index contributed by atoms with van der Waals surface area (Å²) in [6.07, 6.45) is 0. The van der Waals surface area contributed by atoms with Gasteiger partial charge < -0.3 is 10.8 Å². The van der Waals surface area contributed by atoms with Gasteiger partial charge in [-0.2, -0.15) is 0 Å². The van der Waals surface area contributed by atoms with Crippen LogP contribution in [0.5, 0.6) is 5.75 Å². The highest BCUT2D eigenvalue weighted by Crippen LogP contribution is 2.23. The van der Waals surface area contributed by atoms with E-state index in [1.54, 1.807) is 18.2 Å². The fourth-order valence-electron chi connectivity index (χ4n) is 0.738. The number of hydrogen-bond donors (Lipinski definition) is 2. The van der Waals surface area contributed by atoms with Crippen molar-refractivity contribution in [2.24, 2.45) is 0 Å². The van der Waals surface area contributed by atoms with Gasteiger partial charge in [-0.3, -0.25) is 0 Å². The molecule has 3 N–H and O–H groups in total. The van der Waals surface area contributed by atoms with Crippen molar-refractivity contribution in [2.45, 2.75) is 5.88 Å². The van der Waals surface area contributed by atoms with E-state index in [0.29, 0.717) is 11.3 Å². The van der Waals surface area contributed by atoms with Gasteiger partial charge in [0.25, 0.3) is 0 Å². The summed E-state index contributed by atoms with van der Waals surface area (Å²) in [6.45, 7) is 0. The van der Waals surface area contributed by atoms with Gasteiger partial charge in [0.05, 0.1) is 5.88 Å². The van der Waals surface area contributed by atoms with Gasteiger partial charge in [0, 0.05) is 11.3 Å². The Morgan fingerprint density at radius 1 is 1.50 bits per heavy atom. The minimum Gasteiger partial charge on any atom is -0.508 e. The number of rotatable bonds is 1. The number of anilines is 1. The summed E-state index contributed by atoms with van der Waals surface area (Å²) in [5, 5.41) is 9.13. The molecular weight excluding hydrogens is 150 g/mol. The summed E-state index contributed by atoms with van der Waals surface area (Å²) in [5.41, 5.74) is 6.63. The second-order valence-electron chi connectivity index (χ2n) is 1.98. The number of hydrogen-bond acceptors (Lipinski definition) is 2. The van der Waals surface area contributed by atoms with E-state index >= 15 is 0 Å². The van der Waals surface area contributed by atoms with E-state index in [1.165, 1.54) is 0 Å². The molecule has 0 unspecified atom stereocenters. The first-order valence-electron chi connectivity index (χ1n) is 2.88. The average molecular weight is 158 g/mol. The molecule has 54 valence electrons. The molecule has 0 aliphatic carbocycles. The Balaban J connectivity index is 3.17. The summed E-state index contributed by atoms with van der Waals surface area (Å²) >= 11 is 5.50. The van der Waals surface area contributed by atoms with Gasteiger partial charge in [0.1, 0.15) is 5.75 Å². The molecule has 1 rings (SSSR count). The van der Waals surface area contributed by atoms with Crippen LogP contribution in [-0.4, -0.2) is 5.11 Å². The van der Waals surface area contributed by atoms with Crippen LogP contribution in [0.2, 0.25) is 0 Å². The largest absolute Gasteiger partial charge is 0.508 e. The molecule has 0 saturated heterocycles. The molecule has 0 bridgehead atoms. The SMILES string of the molecule is Nc1cccc(O)c1CCl. The van der Waals surface area contributed by atoms with Crippen LogP contribution in [0.4, 0.5) is 5.69 Å². The summed E-state index contributed by atoms with van der Waals surface area (Å²) in [4.78, 5) is 0. The highest BCUT2D eigenvalue weighted by atomic mass is 35.5. The highest BCUT2D eigenvalue weighted by Gasteiger charge is 2.01. The van der Waals surface area contributed by atoms with Gasteiger partial charge in [-0.15, -0.1) is 11.6 Å². The topological polar surface area (TPSA) is 46.2 Å². The Bertz CT molecular complexity index is 217. The van der Waals surface area contributed by atoms with Crippen molar-refractivity contribution < 1.29 is 5.11 Å². The Morgan fingerprint density at radius 3 is 2.60 bits per heavy atom. The third-order valence-electron chi connectivity index (χ3n) is 1.32. The summed E-state index contributed by atoms with van der Waals surface area (Å²) in [7, 11) is 0. The van der Waals surface area contributed by atoms with Crippen molar-refractivity contribution in [3.05, 3.63) is 23.8 Å². The molecule has 0 spiro atoms. The number of alkyl halides is 1. The fraction of sp³-hybridized carbons (Fsp3) is 0.143. The third-order valence-corrected chi connectivity index (χ3v) is 1.59. The highest BCUT2D eigenvalue weighted by molar-refractivity contribution is 6.17. The van der Waals surface area contributed by atoms with Crippen molar-refractivity contribution in [1.82, 2.24) is 0 Å². The standard InChI is InChI=1S/C7H8ClNO/c8-4-5-6(9)2-1-3-7(5)10/h1-3,10H,4,9H2. The van der Waals surface area contributed by atoms with Crippen molar-refractivity contribution in [1.29, 1.82) is 0 Å². The van der Waals surface area contributed by atoms with E-state index in [-0.39, 0.29) is 11.6 Å². The molecule has 0 amide bonds. The van der Waals surface area contributed by atoms with Crippen molar-refractivity contribution in [3.8, 4) is 5.75 Å². The molecule has 0 aliphatic rings. The van der Waals surface area contributed by atoms with E-state index in [9.17, 15) is 0 Å². The minimum atomic E-state index is 0.162. The zero-order chi connectivity index (χ0) is 7.56. The first-order chi connectivity index (χ1) is 4.75. The van der Waals surface area contributed by atoms with Crippen LogP contribution in [0.3, 0.4) is 0 Å². The second-order valence-corrected chi connectivity index (χ2v) is 2.25. The van der Waals surface area contributed by atoms with E-state index < -0.39 is 0 Å². The summed E-state index contributed by atoms with van der Waals surface area (Å²) < 4.78 is 0. The fourth-order valence-corrected chi connectivity index (χ4v) is 1.03. The van der Waals surface area contributed by atoms with Crippen LogP contribution in [0, 0.1) is 0 Å². The number of aromatic hydroxyl groups is 1. The average Bonchev–Trinajstić information content (AvgIpc) is 1.88. The molecule has 1 aromatic rings. The van der Waals surface area contributed by atoms with Gasteiger partial charge in [-0.25, -0.2) is 0 Å². The predicted octanol–water partition coefficient (Wildman–Crippen LogP) is 1.71. The molecule has 10 heavy (non-hydrogen) atoms. The molecule has 0 aliphatic heterocycles. The van der Waals surface area contributed by atoms with Crippen LogP contribution in [-0.2, 0) is 5.88 Å². The van der Waals surface area contributed by atoms with Crippen LogP contribution in [0.25, 0.3) is 0 Å². The van der Waals surface area contributed by atoms with E-state index in [4.69, 9.17) is 22.4 Å². The predicted molar refractivity (Wildman–Crippen MR) is 42.1 cm³/mol. The molecule has 0 aromatic heterocycles. The van der Waals surface area contributed by atoms with Gasteiger partial charge in [-0.1, -0.05) is 6.07 Å². The maximum atomic E-state index is 9.13. The molecule has 2 nitrogen and oxygen atoms in total. The van der Waals surface area contributed by atoms with Crippen LogP contribution in [0.15, 0.2) is 18.2 Å². The van der Waals surface area contributed by atoms with E-state index in [1.807, 2.05) is 0 Å². The number of phenolic OH excluding ortho intramolecular Hbond substituents is 1. The number of halogens is 1. The second kappa shape index (κ2) is 2.80. The van der Waals surface area contributed by atoms with E-state index in [0.717, 1.165) is 0 Å². The van der Waals surface area contributed by atoms with Gasteiger partial charge >= 0.3 is 0 Å². The Morgan fingerprint density at radius 2 is 2.20 bits per heavy atom. The maximum absolute atomic E-state index is 9.13. The van der Waals surface area contributed by atoms with Crippen molar-refractivity contribution >= 4 is 17.3 Å². The molecule has 0 atom stereocenters. The number of nitrogens with two attached hydrogens (primary N) is 1. The lowest BCUT2D eigenvalue weighted by Crippen LogP contribution is -1.90. The zero-order valence-electron chi connectivity index (χ0n) is 5.34. The minimum absolute atomic E-state index is 0.162. The first kappa shape index (κ1) is 7.22. The Kier molecular flexibility index (Phi) is 2.02. The number of phenols is 1. The number of benzene rings is 1. The van der Waals surface area contributed by atoms with Crippen LogP contribution >= 0.6 is 11.6 Å². The monoisotopic (exact) mass is 157 g/mol. The molecule has 0 heterocycles. The van der Waals surface area contributed by atoms with Gasteiger partial charge in [-0.05, 0) is 12.1 Å².